The van der Waals surface area contributed by atoms with Crippen molar-refractivity contribution in [2.75, 3.05) is 31.2 Å². The zero-order chi connectivity index (χ0) is 21.0. The van der Waals surface area contributed by atoms with Gasteiger partial charge in [-0.25, -0.2) is 4.98 Å². The van der Waals surface area contributed by atoms with Crippen LogP contribution in [0.3, 0.4) is 0 Å². The molecule has 3 aromatic carbocycles. The van der Waals surface area contributed by atoms with E-state index in [1.165, 1.54) is 0 Å². The second-order valence-electron chi connectivity index (χ2n) is 7.69. The summed E-state index contributed by atoms with van der Waals surface area (Å²) in [6, 6.07) is 23.8. The van der Waals surface area contributed by atoms with Crippen molar-refractivity contribution in [3.05, 3.63) is 90.1 Å². The first-order valence-corrected chi connectivity index (χ1v) is 10.5. The van der Waals surface area contributed by atoms with E-state index in [0.29, 0.717) is 6.42 Å². The van der Waals surface area contributed by atoms with Crippen molar-refractivity contribution in [2.24, 2.45) is 0 Å². The fourth-order valence-electron chi connectivity index (χ4n) is 3.85. The predicted octanol–water partition coefficient (Wildman–Crippen LogP) is 4.56. The topological polar surface area (TPSA) is 55.3 Å². The summed E-state index contributed by atoms with van der Waals surface area (Å²) in [6.45, 7) is 3.11. The Morgan fingerprint density at radius 1 is 0.871 bits per heavy atom. The van der Waals surface area contributed by atoms with Gasteiger partial charge in [-0.1, -0.05) is 60.7 Å². The number of aromatic nitrogens is 2. The van der Waals surface area contributed by atoms with Crippen LogP contribution in [0.1, 0.15) is 15.9 Å². The number of ether oxygens (including phenoxy) is 1. The number of fused-ring (bicyclic) bond motifs is 1. The number of anilines is 1. The summed E-state index contributed by atoms with van der Waals surface area (Å²) in [5.74, 6) is 1.02. The summed E-state index contributed by atoms with van der Waals surface area (Å²) < 4.78 is 5.43. The molecule has 0 atom stereocenters. The quantitative estimate of drug-likeness (QED) is 0.452. The number of benzene rings is 3. The third-order valence-corrected chi connectivity index (χ3v) is 5.61. The number of hydrogen-bond acceptors (Lipinski definition) is 5. The molecule has 31 heavy (non-hydrogen) atoms. The van der Waals surface area contributed by atoms with Crippen molar-refractivity contribution < 1.29 is 9.53 Å². The zero-order valence-corrected chi connectivity index (χ0v) is 17.2. The lowest BCUT2D eigenvalue weighted by Gasteiger charge is -2.27. The van der Waals surface area contributed by atoms with E-state index in [0.717, 1.165) is 65.4 Å². The van der Waals surface area contributed by atoms with Crippen LogP contribution in [-0.2, 0) is 11.2 Å². The maximum absolute atomic E-state index is 12.5. The molecule has 1 saturated heterocycles. The lowest BCUT2D eigenvalue weighted by Crippen LogP contribution is -2.36. The van der Waals surface area contributed by atoms with Crippen molar-refractivity contribution in [1.82, 2.24) is 9.97 Å². The Hall–Kier alpha value is -3.57. The molecule has 5 nitrogen and oxygen atoms in total. The summed E-state index contributed by atoms with van der Waals surface area (Å²) in [5, 5.41) is 0. The Balaban J connectivity index is 1.36. The highest BCUT2D eigenvalue weighted by atomic mass is 16.5. The molecule has 1 aliphatic rings. The van der Waals surface area contributed by atoms with Crippen LogP contribution in [0, 0.1) is 0 Å². The molecule has 0 spiro atoms. The third-order valence-electron chi connectivity index (χ3n) is 5.61. The maximum Gasteiger partial charge on any atom is 0.167 e. The number of morpholine rings is 1. The molecule has 1 aliphatic heterocycles. The number of Topliss-reactive ketones (excluding diaryl/α,β-unsaturated/α-hetero) is 1. The Morgan fingerprint density at radius 3 is 2.39 bits per heavy atom. The molecular formula is C26H23N3O2. The summed E-state index contributed by atoms with van der Waals surface area (Å²) >= 11 is 0. The van der Waals surface area contributed by atoms with E-state index in [1.807, 2.05) is 54.7 Å². The van der Waals surface area contributed by atoms with Gasteiger partial charge in [0.1, 0.15) is 5.82 Å². The van der Waals surface area contributed by atoms with E-state index in [1.54, 1.807) is 0 Å². The van der Waals surface area contributed by atoms with Crippen LogP contribution >= 0.6 is 0 Å². The second-order valence-corrected chi connectivity index (χ2v) is 7.69. The number of hydrogen-bond donors (Lipinski definition) is 0. The van der Waals surface area contributed by atoms with Crippen LogP contribution in [0.5, 0.6) is 0 Å². The van der Waals surface area contributed by atoms with Gasteiger partial charge in [0, 0.05) is 25.1 Å². The van der Waals surface area contributed by atoms with Gasteiger partial charge in [0.25, 0.3) is 0 Å². The smallest absolute Gasteiger partial charge is 0.167 e. The summed E-state index contributed by atoms with van der Waals surface area (Å²) in [7, 11) is 0. The van der Waals surface area contributed by atoms with Gasteiger partial charge in [0.15, 0.2) is 5.78 Å². The second kappa shape index (κ2) is 8.66. The van der Waals surface area contributed by atoms with Crippen molar-refractivity contribution in [3.8, 4) is 11.1 Å². The van der Waals surface area contributed by atoms with Crippen LogP contribution in [0.25, 0.3) is 22.2 Å². The largest absolute Gasteiger partial charge is 0.378 e. The van der Waals surface area contributed by atoms with Crippen LogP contribution < -0.4 is 4.90 Å². The molecule has 0 aliphatic carbocycles. The van der Waals surface area contributed by atoms with Crippen LogP contribution in [-0.4, -0.2) is 42.1 Å². The van der Waals surface area contributed by atoms with Gasteiger partial charge in [-0.05, 0) is 28.8 Å². The fourth-order valence-corrected chi connectivity index (χ4v) is 3.85. The Labute approximate surface area is 181 Å². The number of rotatable bonds is 5. The highest BCUT2D eigenvalue weighted by Crippen LogP contribution is 2.25. The average molecular weight is 409 g/mol. The molecule has 154 valence electrons. The lowest BCUT2D eigenvalue weighted by atomic mass is 9.99. The Kier molecular flexibility index (Phi) is 5.42. The van der Waals surface area contributed by atoms with Crippen LogP contribution in [0.2, 0.25) is 0 Å². The van der Waals surface area contributed by atoms with Crippen molar-refractivity contribution >= 4 is 22.6 Å². The van der Waals surface area contributed by atoms with E-state index in [2.05, 4.69) is 34.1 Å². The highest BCUT2D eigenvalue weighted by molar-refractivity contribution is 5.97. The number of ketones is 1. The SMILES string of the molecule is O=C(Cc1ccc(-c2ccc3ncc(N4CCOCC4)nc3c2)cc1)c1ccccc1. The van der Waals surface area contributed by atoms with E-state index in [-0.39, 0.29) is 5.78 Å². The average Bonchev–Trinajstić information content (AvgIpc) is 2.85. The van der Waals surface area contributed by atoms with E-state index < -0.39 is 0 Å². The summed E-state index contributed by atoms with van der Waals surface area (Å²) in [5.41, 5.74) is 5.69. The lowest BCUT2D eigenvalue weighted by molar-refractivity contribution is 0.0993. The van der Waals surface area contributed by atoms with Crippen molar-refractivity contribution in [2.45, 2.75) is 6.42 Å². The molecule has 0 unspecified atom stereocenters. The summed E-state index contributed by atoms with van der Waals surface area (Å²) in [6.07, 6.45) is 2.24. The highest BCUT2D eigenvalue weighted by Gasteiger charge is 2.14. The van der Waals surface area contributed by atoms with E-state index >= 15 is 0 Å². The van der Waals surface area contributed by atoms with Crippen molar-refractivity contribution in [1.29, 1.82) is 0 Å². The third kappa shape index (κ3) is 4.32. The van der Waals surface area contributed by atoms with Gasteiger partial charge in [-0.15, -0.1) is 0 Å². The Morgan fingerprint density at radius 2 is 1.61 bits per heavy atom. The minimum absolute atomic E-state index is 0.130. The molecule has 0 bridgehead atoms. The molecule has 5 rings (SSSR count). The number of nitrogens with zero attached hydrogens (tertiary/aromatic N) is 3. The molecule has 0 radical (unpaired) electrons. The molecule has 2 heterocycles. The van der Waals surface area contributed by atoms with Gasteiger partial charge in [-0.3, -0.25) is 9.78 Å². The normalized spacial score (nSPS) is 14.0. The molecular weight excluding hydrogens is 386 g/mol. The zero-order valence-electron chi connectivity index (χ0n) is 17.2. The van der Waals surface area contributed by atoms with Crippen LogP contribution in [0.15, 0.2) is 79.0 Å². The molecule has 5 heteroatoms. The van der Waals surface area contributed by atoms with E-state index in [4.69, 9.17) is 9.72 Å². The molecule has 0 N–H and O–H groups in total. The standard InChI is InChI=1S/C26H23N3O2/c30-25(21-4-2-1-3-5-21)16-19-6-8-20(9-7-19)22-10-11-23-24(17-22)28-26(18-27-23)29-12-14-31-15-13-29/h1-11,17-18H,12-16H2. The minimum atomic E-state index is 0.130. The first kappa shape index (κ1) is 19.4. The molecule has 1 aromatic heterocycles. The molecule has 0 amide bonds. The van der Waals surface area contributed by atoms with Crippen molar-refractivity contribution in [3.63, 3.8) is 0 Å². The first-order chi connectivity index (χ1) is 15.3. The molecule has 1 fully saturated rings. The maximum atomic E-state index is 12.5. The Bertz CT molecular complexity index is 1200. The van der Waals surface area contributed by atoms with Crippen LogP contribution in [0.4, 0.5) is 5.82 Å². The fraction of sp³-hybridized carbons (Fsp3) is 0.192. The molecule has 0 saturated carbocycles. The predicted molar refractivity (Wildman–Crippen MR) is 122 cm³/mol. The van der Waals surface area contributed by atoms with Gasteiger partial charge >= 0.3 is 0 Å². The van der Waals surface area contributed by atoms with Gasteiger partial charge in [0.2, 0.25) is 0 Å². The minimum Gasteiger partial charge on any atom is -0.378 e. The molecule has 4 aromatic rings. The van der Waals surface area contributed by atoms with Gasteiger partial charge < -0.3 is 9.64 Å². The van der Waals surface area contributed by atoms with Gasteiger partial charge in [-0.2, -0.15) is 0 Å². The summed E-state index contributed by atoms with van der Waals surface area (Å²) in [4.78, 5) is 24.1. The van der Waals surface area contributed by atoms with E-state index in [9.17, 15) is 4.79 Å². The van der Waals surface area contributed by atoms with Gasteiger partial charge in [0.05, 0.1) is 30.4 Å². The number of carbonyl (C=O) groups is 1. The number of carbonyl (C=O) groups excluding carboxylic acids is 1. The first-order valence-electron chi connectivity index (χ1n) is 10.5. The monoisotopic (exact) mass is 409 g/mol.